The molecule has 0 aromatic rings. The minimum Gasteiger partial charge on any atom is -0.596 e. The Hall–Kier alpha value is -0.240. The topological polar surface area (TPSA) is 52.2 Å². The molecule has 1 N–H and O–H groups in total. The van der Waals surface area contributed by atoms with Crippen LogP contribution in [0.25, 0.3) is 0 Å². The summed E-state index contributed by atoms with van der Waals surface area (Å²) in [5, 5.41) is 3.09. The van der Waals surface area contributed by atoms with Gasteiger partial charge in [-0.1, -0.05) is 94.3 Å². The van der Waals surface area contributed by atoms with E-state index < -0.39 is 8.03 Å². The van der Waals surface area contributed by atoms with E-state index in [9.17, 15) is 9.46 Å². The van der Waals surface area contributed by atoms with Gasteiger partial charge in [0.05, 0.1) is 0 Å². The van der Waals surface area contributed by atoms with Crippen LogP contribution in [0.2, 0.25) is 0 Å². The second-order valence-electron chi connectivity index (χ2n) is 6.41. The highest BCUT2D eigenvalue weighted by molar-refractivity contribution is 7.36. The normalized spacial score (nSPS) is 12.2. The number of unbranched alkanes of at least 4 members (excludes halogenated alkanes) is 12. The van der Waals surface area contributed by atoms with Gasteiger partial charge in [-0.25, -0.2) is 0 Å². The van der Waals surface area contributed by atoms with E-state index in [4.69, 9.17) is 0 Å². The summed E-state index contributed by atoms with van der Waals surface area (Å²) in [5.41, 5.74) is 0. The van der Waals surface area contributed by atoms with Crippen molar-refractivity contribution in [1.82, 2.24) is 5.32 Å². The van der Waals surface area contributed by atoms with Crippen LogP contribution in [0.4, 0.5) is 0 Å². The number of hydrogen-bond acceptors (Lipinski definition) is 3. The second-order valence-corrected chi connectivity index (χ2v) is 7.52. The van der Waals surface area contributed by atoms with Crippen molar-refractivity contribution in [3.63, 3.8) is 0 Å². The van der Waals surface area contributed by atoms with Crippen LogP contribution in [0.1, 0.15) is 90.4 Å². The van der Waals surface area contributed by atoms with E-state index in [1.54, 1.807) is 0 Å². The van der Waals surface area contributed by atoms with E-state index in [1.165, 1.54) is 77.0 Å². The standard InChI is InChI=1S/C19H38NO2P/c1-2-3-4-5-6-7-8-9-10-11-12-13-14-15-16-17-20-18-19-23(21)22/h15-16,20H,2-14,17-19H2,1H3/b16-15+. The van der Waals surface area contributed by atoms with Crippen LogP contribution < -0.4 is 10.2 Å². The Morgan fingerprint density at radius 2 is 1.35 bits per heavy atom. The summed E-state index contributed by atoms with van der Waals surface area (Å²) >= 11 is 0. The average molecular weight is 343 g/mol. The molecule has 0 fully saturated rings. The molecule has 0 saturated heterocycles. The lowest BCUT2D eigenvalue weighted by Gasteiger charge is -2.02. The van der Waals surface area contributed by atoms with Crippen LogP contribution >= 0.6 is 8.03 Å². The zero-order valence-electron chi connectivity index (χ0n) is 15.2. The summed E-state index contributed by atoms with van der Waals surface area (Å²) in [6.45, 7) is 3.61. The minimum absolute atomic E-state index is 0.238. The summed E-state index contributed by atoms with van der Waals surface area (Å²) in [4.78, 5) is 10.4. The van der Waals surface area contributed by atoms with Crippen molar-refractivity contribution in [3.8, 4) is 0 Å². The number of allylic oxidation sites excluding steroid dienone is 1. The van der Waals surface area contributed by atoms with Gasteiger partial charge >= 0.3 is 8.03 Å². The molecule has 1 unspecified atom stereocenters. The maximum absolute atomic E-state index is 10.4. The first-order valence-electron chi connectivity index (χ1n) is 9.75. The molecule has 0 aliphatic rings. The SMILES string of the molecule is CCCCCCCCCCCCCC/C=C/CNCC[P+](=O)[O-]. The molecular weight excluding hydrogens is 305 g/mol. The molecule has 0 rings (SSSR count). The van der Waals surface area contributed by atoms with Crippen molar-refractivity contribution in [2.75, 3.05) is 19.3 Å². The Morgan fingerprint density at radius 1 is 0.826 bits per heavy atom. The molecule has 3 nitrogen and oxygen atoms in total. The predicted molar refractivity (Wildman–Crippen MR) is 100 cm³/mol. The lowest BCUT2D eigenvalue weighted by atomic mass is 10.0. The molecule has 0 spiro atoms. The molecular formula is C19H38NO2P. The zero-order chi connectivity index (χ0) is 17.0. The van der Waals surface area contributed by atoms with Crippen LogP contribution in [-0.2, 0) is 4.57 Å². The fraction of sp³-hybridized carbons (Fsp3) is 0.895. The van der Waals surface area contributed by atoms with E-state index in [1.807, 2.05) is 0 Å². The van der Waals surface area contributed by atoms with Gasteiger partial charge in [0.25, 0.3) is 0 Å². The maximum Gasteiger partial charge on any atom is 0.310 e. The first-order chi connectivity index (χ1) is 11.3. The molecule has 0 amide bonds. The first kappa shape index (κ1) is 22.8. The lowest BCUT2D eigenvalue weighted by molar-refractivity contribution is -0.164. The molecule has 0 bridgehead atoms. The van der Waals surface area contributed by atoms with E-state index in [2.05, 4.69) is 24.4 Å². The fourth-order valence-electron chi connectivity index (χ4n) is 2.66. The molecule has 1 atom stereocenters. The Kier molecular flexibility index (Phi) is 19.6. The van der Waals surface area contributed by atoms with E-state index in [0.29, 0.717) is 6.54 Å². The van der Waals surface area contributed by atoms with Gasteiger partial charge in [-0.15, -0.1) is 0 Å². The van der Waals surface area contributed by atoms with Gasteiger partial charge in [-0.05, 0) is 12.8 Å². The van der Waals surface area contributed by atoms with Crippen LogP contribution in [0.3, 0.4) is 0 Å². The van der Waals surface area contributed by atoms with Crippen molar-refractivity contribution in [1.29, 1.82) is 0 Å². The third-order valence-corrected chi connectivity index (χ3v) is 4.71. The van der Waals surface area contributed by atoms with Crippen molar-refractivity contribution in [2.45, 2.75) is 90.4 Å². The summed E-state index contributed by atoms with van der Waals surface area (Å²) in [6, 6.07) is 0. The van der Waals surface area contributed by atoms with Gasteiger partial charge in [0.1, 0.15) is 0 Å². The summed E-state index contributed by atoms with van der Waals surface area (Å²) < 4.78 is 10.4. The van der Waals surface area contributed by atoms with E-state index in [0.717, 1.165) is 13.0 Å². The molecule has 0 radical (unpaired) electrons. The smallest absolute Gasteiger partial charge is 0.310 e. The highest BCUT2D eigenvalue weighted by atomic mass is 31.1. The van der Waals surface area contributed by atoms with Gasteiger partial charge in [-0.3, -0.25) is 0 Å². The Balaban J connectivity index is 3.06. The molecule has 0 saturated carbocycles. The van der Waals surface area contributed by atoms with Crippen molar-refractivity contribution in [3.05, 3.63) is 12.2 Å². The second kappa shape index (κ2) is 19.8. The average Bonchev–Trinajstić information content (AvgIpc) is 2.53. The minimum atomic E-state index is -2.23. The summed E-state index contributed by atoms with van der Waals surface area (Å²) in [5.74, 6) is 0. The molecule has 23 heavy (non-hydrogen) atoms. The van der Waals surface area contributed by atoms with Crippen LogP contribution in [-0.4, -0.2) is 19.3 Å². The van der Waals surface area contributed by atoms with Gasteiger partial charge in [-0.2, -0.15) is 0 Å². The monoisotopic (exact) mass is 343 g/mol. The Morgan fingerprint density at radius 3 is 1.87 bits per heavy atom. The van der Waals surface area contributed by atoms with Crippen LogP contribution in [0.15, 0.2) is 12.2 Å². The first-order valence-corrected chi connectivity index (χ1v) is 11.1. The molecule has 4 heteroatoms. The van der Waals surface area contributed by atoms with Gasteiger partial charge in [0.15, 0.2) is 6.16 Å². The van der Waals surface area contributed by atoms with Crippen LogP contribution in [0.5, 0.6) is 0 Å². The van der Waals surface area contributed by atoms with Crippen molar-refractivity contribution in [2.24, 2.45) is 0 Å². The third kappa shape index (κ3) is 21.8. The van der Waals surface area contributed by atoms with E-state index >= 15 is 0 Å². The fourth-order valence-corrected chi connectivity index (χ4v) is 3.00. The largest absolute Gasteiger partial charge is 0.596 e. The number of rotatable bonds is 18. The molecule has 0 aliphatic heterocycles. The summed E-state index contributed by atoms with van der Waals surface area (Å²) in [6.07, 6.45) is 22.4. The predicted octanol–water partition coefficient (Wildman–Crippen LogP) is 5.33. The lowest BCUT2D eigenvalue weighted by Crippen LogP contribution is -2.17. The number of nitrogens with one attached hydrogen (secondary N) is 1. The highest BCUT2D eigenvalue weighted by Crippen LogP contribution is 2.12. The van der Waals surface area contributed by atoms with Gasteiger partial charge < -0.3 is 10.2 Å². The molecule has 0 aromatic carbocycles. The Labute approximate surface area is 145 Å². The zero-order valence-corrected chi connectivity index (χ0v) is 16.1. The highest BCUT2D eigenvalue weighted by Gasteiger charge is 1.96. The Bertz CT molecular complexity index is 283. The summed E-state index contributed by atoms with van der Waals surface area (Å²) in [7, 11) is -2.23. The maximum atomic E-state index is 10.4. The molecule has 136 valence electrons. The van der Waals surface area contributed by atoms with Crippen molar-refractivity contribution < 1.29 is 9.46 Å². The van der Waals surface area contributed by atoms with Crippen molar-refractivity contribution >= 4 is 8.03 Å². The molecule has 0 aromatic heterocycles. The van der Waals surface area contributed by atoms with E-state index in [-0.39, 0.29) is 6.16 Å². The third-order valence-electron chi connectivity index (χ3n) is 4.12. The molecule has 0 aliphatic carbocycles. The quantitative estimate of drug-likeness (QED) is 0.208. The van der Waals surface area contributed by atoms with Crippen LogP contribution in [0, 0.1) is 0 Å². The van der Waals surface area contributed by atoms with Gasteiger partial charge in [0.2, 0.25) is 0 Å². The van der Waals surface area contributed by atoms with Gasteiger partial charge in [0, 0.05) is 13.1 Å². The number of hydrogen-bond donors (Lipinski definition) is 1. The molecule has 0 heterocycles.